The molecule has 0 radical (unpaired) electrons. The summed E-state index contributed by atoms with van der Waals surface area (Å²) in [6, 6.07) is 3.50. The summed E-state index contributed by atoms with van der Waals surface area (Å²) in [6.45, 7) is 5.95. The van der Waals surface area contributed by atoms with E-state index in [9.17, 15) is 4.79 Å². The predicted molar refractivity (Wildman–Crippen MR) is 42.0 cm³/mol. The number of nitriles is 2. The van der Waals surface area contributed by atoms with E-state index < -0.39 is 5.91 Å². The molecule has 0 saturated heterocycles. The molecule has 0 bridgehead atoms. The van der Waals surface area contributed by atoms with E-state index in [1.54, 1.807) is 12.1 Å². The monoisotopic (exact) mass is 153 g/mol. The second-order valence-corrected chi connectivity index (χ2v) is 1.05. The summed E-state index contributed by atoms with van der Waals surface area (Å²) in [5.74, 6) is -0.481. The molecular formula is C7H11N3O. The van der Waals surface area contributed by atoms with Gasteiger partial charge in [0.15, 0.2) is 0 Å². The van der Waals surface area contributed by atoms with Crippen LogP contribution in [0.2, 0.25) is 0 Å². The maximum atomic E-state index is 9.47. The fourth-order valence-corrected chi connectivity index (χ4v) is 0. The molecule has 2 N–H and O–H groups in total. The Labute approximate surface area is 66.5 Å². The van der Waals surface area contributed by atoms with Gasteiger partial charge < -0.3 is 5.73 Å². The highest BCUT2D eigenvalue weighted by atomic mass is 16.1. The number of nitrogens with zero attached hydrogens (tertiary/aromatic N) is 2. The third-order valence-corrected chi connectivity index (χ3v) is 0.201. The zero-order valence-electron chi connectivity index (χ0n) is 6.66. The van der Waals surface area contributed by atoms with Crippen molar-refractivity contribution in [3.05, 3.63) is 12.7 Å². The Morgan fingerprint density at radius 1 is 1.45 bits per heavy atom. The first-order chi connectivity index (χ1) is 5.10. The topological polar surface area (TPSA) is 90.7 Å². The van der Waals surface area contributed by atoms with Crippen molar-refractivity contribution >= 4 is 5.91 Å². The van der Waals surface area contributed by atoms with Crippen LogP contribution in [0.15, 0.2) is 12.7 Å². The first-order valence-electron chi connectivity index (χ1n) is 2.64. The molecule has 60 valence electrons. The molecule has 0 aromatic heterocycles. The average Bonchev–Trinajstić information content (AvgIpc) is 1.91. The van der Waals surface area contributed by atoms with Gasteiger partial charge in [0.25, 0.3) is 0 Å². The molecule has 0 heterocycles. The van der Waals surface area contributed by atoms with E-state index in [1.807, 2.05) is 0 Å². The highest BCUT2D eigenvalue weighted by molar-refractivity contribution is 5.84. The van der Waals surface area contributed by atoms with Crippen molar-refractivity contribution < 1.29 is 4.79 Å². The Morgan fingerprint density at radius 2 is 1.55 bits per heavy atom. The minimum atomic E-state index is -0.481. The van der Waals surface area contributed by atoms with Crippen LogP contribution in [0.3, 0.4) is 0 Å². The number of primary amides is 1. The zero-order valence-corrected chi connectivity index (χ0v) is 6.66. The zero-order chi connectivity index (χ0) is 9.70. The largest absolute Gasteiger partial charge is 0.366 e. The first-order valence-corrected chi connectivity index (χ1v) is 2.64. The van der Waals surface area contributed by atoms with Gasteiger partial charge in [0, 0.05) is 13.8 Å². The van der Waals surface area contributed by atoms with Crippen molar-refractivity contribution in [1.82, 2.24) is 0 Å². The van der Waals surface area contributed by atoms with E-state index >= 15 is 0 Å². The van der Waals surface area contributed by atoms with Crippen molar-refractivity contribution in [2.75, 3.05) is 0 Å². The fraction of sp³-hybridized carbons (Fsp3) is 0.286. The number of amides is 1. The molecule has 0 spiro atoms. The molecule has 0 unspecified atom stereocenters. The number of nitrogens with two attached hydrogens (primary N) is 1. The molecule has 4 heteroatoms. The summed E-state index contributed by atoms with van der Waals surface area (Å²) < 4.78 is 0. The quantitative estimate of drug-likeness (QED) is 0.562. The molecule has 0 aromatic carbocycles. The van der Waals surface area contributed by atoms with Crippen LogP contribution in [-0.2, 0) is 4.79 Å². The molecule has 0 aliphatic carbocycles. The third-order valence-electron chi connectivity index (χ3n) is 0.201. The van der Waals surface area contributed by atoms with Crippen LogP contribution in [0.25, 0.3) is 0 Å². The number of hydrogen-bond acceptors (Lipinski definition) is 3. The van der Waals surface area contributed by atoms with Crippen LogP contribution in [0, 0.1) is 22.7 Å². The normalized spacial score (nSPS) is 4.36. The highest BCUT2D eigenvalue weighted by Gasteiger charge is 1.69. The van der Waals surface area contributed by atoms with Gasteiger partial charge in [-0.2, -0.15) is 10.5 Å². The lowest BCUT2D eigenvalue weighted by atomic mass is 10.6. The van der Waals surface area contributed by atoms with Gasteiger partial charge in [0.1, 0.15) is 0 Å². The molecule has 0 aliphatic rings. The van der Waals surface area contributed by atoms with Crippen molar-refractivity contribution in [1.29, 1.82) is 10.5 Å². The molecular weight excluding hydrogens is 142 g/mol. The van der Waals surface area contributed by atoms with Crippen LogP contribution in [0.4, 0.5) is 0 Å². The number of carbonyl (C=O) groups excluding carboxylic acids is 1. The van der Waals surface area contributed by atoms with Crippen LogP contribution in [0.1, 0.15) is 13.8 Å². The second kappa shape index (κ2) is 24.1. The van der Waals surface area contributed by atoms with Gasteiger partial charge in [0.05, 0.1) is 12.1 Å². The van der Waals surface area contributed by atoms with E-state index in [0.717, 1.165) is 6.08 Å². The third kappa shape index (κ3) is 8690. The number of carbonyl (C=O) groups is 1. The molecule has 0 fully saturated rings. The van der Waals surface area contributed by atoms with Crippen molar-refractivity contribution in [3.8, 4) is 12.1 Å². The van der Waals surface area contributed by atoms with Gasteiger partial charge >= 0.3 is 0 Å². The second-order valence-electron chi connectivity index (χ2n) is 1.05. The summed E-state index contributed by atoms with van der Waals surface area (Å²) in [5, 5.41) is 14.6. The lowest BCUT2D eigenvalue weighted by molar-refractivity contribution is -0.113. The summed E-state index contributed by atoms with van der Waals surface area (Å²) in [7, 11) is 0. The van der Waals surface area contributed by atoms with Crippen LogP contribution in [-0.4, -0.2) is 5.91 Å². The minimum absolute atomic E-state index is 0.481. The van der Waals surface area contributed by atoms with Gasteiger partial charge in [-0.3, -0.25) is 4.79 Å². The summed E-state index contributed by atoms with van der Waals surface area (Å²) in [6.07, 6.45) is 1.06. The maximum Gasteiger partial charge on any atom is 0.240 e. The summed E-state index contributed by atoms with van der Waals surface area (Å²) in [4.78, 5) is 9.47. The molecule has 0 saturated carbocycles. The van der Waals surface area contributed by atoms with E-state index in [0.29, 0.717) is 0 Å². The molecule has 4 nitrogen and oxygen atoms in total. The van der Waals surface area contributed by atoms with Gasteiger partial charge in [0.2, 0.25) is 5.91 Å². The predicted octanol–water partition coefficient (Wildman–Crippen LogP) is 0.717. The summed E-state index contributed by atoms with van der Waals surface area (Å²) >= 11 is 0. The average molecular weight is 153 g/mol. The Kier molecular flexibility index (Phi) is 35.3. The molecule has 0 rings (SSSR count). The Morgan fingerprint density at radius 3 is 1.55 bits per heavy atom. The van der Waals surface area contributed by atoms with E-state index in [-0.39, 0.29) is 0 Å². The summed E-state index contributed by atoms with van der Waals surface area (Å²) in [5.41, 5.74) is 4.53. The van der Waals surface area contributed by atoms with Crippen LogP contribution < -0.4 is 5.73 Å². The molecule has 11 heavy (non-hydrogen) atoms. The van der Waals surface area contributed by atoms with Gasteiger partial charge in [-0.1, -0.05) is 6.58 Å². The maximum absolute atomic E-state index is 9.47. The molecule has 0 aliphatic heterocycles. The smallest absolute Gasteiger partial charge is 0.240 e. The van der Waals surface area contributed by atoms with Gasteiger partial charge in [-0.25, -0.2) is 0 Å². The standard InChI is InChI=1S/C3H5NO.2C2H3N/c1-2-3(4)5;2*1-2-3/h2H,1H2,(H2,4,5);2*1H3. The Bertz CT molecular complexity index is 161. The van der Waals surface area contributed by atoms with Crippen LogP contribution in [0.5, 0.6) is 0 Å². The van der Waals surface area contributed by atoms with Crippen LogP contribution >= 0.6 is 0 Å². The Balaban J connectivity index is -0.0000000933. The van der Waals surface area contributed by atoms with Crippen molar-refractivity contribution in [2.45, 2.75) is 13.8 Å². The molecule has 0 atom stereocenters. The lowest BCUT2D eigenvalue weighted by Gasteiger charge is -1.65. The lowest BCUT2D eigenvalue weighted by Crippen LogP contribution is -2.04. The van der Waals surface area contributed by atoms with E-state index in [2.05, 4.69) is 12.3 Å². The van der Waals surface area contributed by atoms with E-state index in [4.69, 9.17) is 10.5 Å². The first kappa shape index (κ1) is 16.1. The van der Waals surface area contributed by atoms with Crippen molar-refractivity contribution in [3.63, 3.8) is 0 Å². The SMILES string of the molecule is C=CC(N)=O.CC#N.CC#N. The van der Waals surface area contributed by atoms with Gasteiger partial charge in [-0.05, 0) is 6.08 Å². The molecule has 0 aromatic rings. The minimum Gasteiger partial charge on any atom is -0.366 e. The highest BCUT2D eigenvalue weighted by Crippen LogP contribution is 1.48. The molecule has 1 amide bonds. The number of rotatable bonds is 1. The number of hydrogen-bond donors (Lipinski definition) is 1. The van der Waals surface area contributed by atoms with Crippen molar-refractivity contribution in [2.24, 2.45) is 5.73 Å². The Hall–Kier alpha value is -1.81. The van der Waals surface area contributed by atoms with E-state index in [1.165, 1.54) is 13.8 Å². The fourth-order valence-electron chi connectivity index (χ4n) is 0. The van der Waals surface area contributed by atoms with Gasteiger partial charge in [-0.15, -0.1) is 0 Å².